The van der Waals surface area contributed by atoms with E-state index in [1.165, 1.54) is 4.88 Å². The molecule has 0 atom stereocenters. The predicted octanol–water partition coefficient (Wildman–Crippen LogP) is 2.09. The van der Waals surface area contributed by atoms with Gasteiger partial charge in [0.2, 0.25) is 5.95 Å². The molecule has 96 valence electrons. The molecule has 6 heteroatoms. The molecule has 2 aromatic rings. The van der Waals surface area contributed by atoms with Gasteiger partial charge in [0.1, 0.15) is 11.6 Å². The Kier molecular flexibility index (Phi) is 3.38. The molecule has 0 spiro atoms. The van der Waals surface area contributed by atoms with Gasteiger partial charge in [0.25, 0.3) is 0 Å². The summed E-state index contributed by atoms with van der Waals surface area (Å²) in [6.45, 7) is 5.11. The van der Waals surface area contributed by atoms with Crippen LogP contribution in [0.25, 0.3) is 0 Å². The number of hydrogen-bond donors (Lipinski definition) is 3. The van der Waals surface area contributed by atoms with E-state index in [4.69, 9.17) is 11.5 Å². The molecule has 0 unspecified atom stereocenters. The smallest absolute Gasteiger partial charge is 0.223 e. The average molecular weight is 263 g/mol. The van der Waals surface area contributed by atoms with Crippen molar-refractivity contribution in [3.8, 4) is 0 Å². The Morgan fingerprint density at radius 3 is 2.72 bits per heavy atom. The summed E-state index contributed by atoms with van der Waals surface area (Å²) in [4.78, 5) is 9.26. The Morgan fingerprint density at radius 2 is 2.11 bits per heavy atom. The Hall–Kier alpha value is -1.82. The SMILES string of the molecule is CC(C)(CNc1cc(N)nc(N)n1)c1cccs1. The molecule has 0 bridgehead atoms. The summed E-state index contributed by atoms with van der Waals surface area (Å²) >= 11 is 1.75. The molecule has 0 radical (unpaired) electrons. The first-order valence-electron chi connectivity index (χ1n) is 5.65. The van der Waals surface area contributed by atoms with Crippen LogP contribution in [-0.4, -0.2) is 16.5 Å². The van der Waals surface area contributed by atoms with Crippen molar-refractivity contribution in [2.45, 2.75) is 19.3 Å². The Balaban J connectivity index is 2.07. The van der Waals surface area contributed by atoms with Crippen LogP contribution in [0.3, 0.4) is 0 Å². The molecule has 5 nitrogen and oxygen atoms in total. The number of aromatic nitrogens is 2. The van der Waals surface area contributed by atoms with E-state index in [0.717, 1.165) is 6.54 Å². The lowest BCUT2D eigenvalue weighted by atomic mass is 9.91. The summed E-state index contributed by atoms with van der Waals surface area (Å²) in [5.74, 6) is 1.22. The lowest BCUT2D eigenvalue weighted by Gasteiger charge is -2.24. The van der Waals surface area contributed by atoms with E-state index in [1.54, 1.807) is 17.4 Å². The van der Waals surface area contributed by atoms with Gasteiger partial charge in [-0.15, -0.1) is 11.3 Å². The number of rotatable bonds is 4. The summed E-state index contributed by atoms with van der Waals surface area (Å²) in [5.41, 5.74) is 11.2. The van der Waals surface area contributed by atoms with Crippen molar-refractivity contribution in [2.24, 2.45) is 0 Å². The second-order valence-electron chi connectivity index (χ2n) is 4.75. The first-order chi connectivity index (χ1) is 8.47. The summed E-state index contributed by atoms with van der Waals surface area (Å²) < 4.78 is 0. The maximum atomic E-state index is 5.62. The monoisotopic (exact) mass is 263 g/mol. The fraction of sp³-hybridized carbons (Fsp3) is 0.333. The zero-order chi connectivity index (χ0) is 13.2. The third-order valence-corrected chi connectivity index (χ3v) is 3.90. The third kappa shape index (κ3) is 2.89. The number of nitrogens with two attached hydrogens (primary N) is 2. The molecule has 0 aliphatic rings. The normalized spacial score (nSPS) is 11.4. The fourth-order valence-corrected chi connectivity index (χ4v) is 2.49. The van der Waals surface area contributed by atoms with Crippen molar-refractivity contribution in [3.63, 3.8) is 0 Å². The molecule has 0 saturated carbocycles. The van der Waals surface area contributed by atoms with Crippen LogP contribution in [0.1, 0.15) is 18.7 Å². The lowest BCUT2D eigenvalue weighted by molar-refractivity contribution is 0.568. The van der Waals surface area contributed by atoms with E-state index in [-0.39, 0.29) is 11.4 Å². The molecule has 0 aliphatic carbocycles. The molecule has 2 aromatic heterocycles. The van der Waals surface area contributed by atoms with Gasteiger partial charge in [-0.3, -0.25) is 0 Å². The van der Waals surface area contributed by atoms with E-state index in [0.29, 0.717) is 11.6 Å². The van der Waals surface area contributed by atoms with E-state index >= 15 is 0 Å². The highest BCUT2D eigenvalue weighted by Gasteiger charge is 2.21. The van der Waals surface area contributed by atoms with E-state index in [9.17, 15) is 0 Å². The molecule has 0 fully saturated rings. The maximum absolute atomic E-state index is 5.62. The predicted molar refractivity (Wildman–Crippen MR) is 76.7 cm³/mol. The van der Waals surface area contributed by atoms with Gasteiger partial charge in [0.05, 0.1) is 0 Å². The van der Waals surface area contributed by atoms with Gasteiger partial charge < -0.3 is 16.8 Å². The van der Waals surface area contributed by atoms with Crippen LogP contribution in [0.4, 0.5) is 17.6 Å². The second kappa shape index (κ2) is 4.81. The van der Waals surface area contributed by atoms with Gasteiger partial charge in [-0.05, 0) is 11.4 Å². The molecule has 2 rings (SSSR count). The van der Waals surface area contributed by atoms with Crippen LogP contribution < -0.4 is 16.8 Å². The van der Waals surface area contributed by atoms with Crippen molar-refractivity contribution in [3.05, 3.63) is 28.5 Å². The Bertz CT molecular complexity index is 501. The van der Waals surface area contributed by atoms with E-state index < -0.39 is 0 Å². The number of hydrogen-bond acceptors (Lipinski definition) is 6. The molecular weight excluding hydrogens is 246 g/mol. The topological polar surface area (TPSA) is 89.8 Å². The molecule has 0 aromatic carbocycles. The standard InChI is InChI=1S/C12H17N5S/c1-12(2,8-4-3-5-18-8)7-15-10-6-9(13)16-11(14)17-10/h3-6H,7H2,1-2H3,(H5,13,14,15,16,17). The zero-order valence-corrected chi connectivity index (χ0v) is 11.3. The van der Waals surface area contributed by atoms with Crippen molar-refractivity contribution in [1.82, 2.24) is 9.97 Å². The van der Waals surface area contributed by atoms with Gasteiger partial charge in [-0.25, -0.2) is 0 Å². The highest BCUT2D eigenvalue weighted by atomic mass is 32.1. The number of nitrogen functional groups attached to an aromatic ring is 2. The molecule has 0 saturated heterocycles. The zero-order valence-electron chi connectivity index (χ0n) is 10.5. The first kappa shape index (κ1) is 12.6. The molecule has 2 heterocycles. The van der Waals surface area contributed by atoms with Crippen LogP contribution in [0.5, 0.6) is 0 Å². The van der Waals surface area contributed by atoms with Crippen LogP contribution >= 0.6 is 11.3 Å². The quantitative estimate of drug-likeness (QED) is 0.786. The van der Waals surface area contributed by atoms with E-state index in [2.05, 4.69) is 46.6 Å². The molecule has 0 aliphatic heterocycles. The van der Waals surface area contributed by atoms with Gasteiger partial charge >= 0.3 is 0 Å². The minimum atomic E-state index is 0.0304. The third-order valence-electron chi connectivity index (χ3n) is 2.66. The van der Waals surface area contributed by atoms with Gasteiger partial charge in [-0.2, -0.15) is 9.97 Å². The van der Waals surface area contributed by atoms with Crippen LogP contribution in [0.2, 0.25) is 0 Å². The number of nitrogens with one attached hydrogen (secondary N) is 1. The minimum Gasteiger partial charge on any atom is -0.383 e. The van der Waals surface area contributed by atoms with Crippen molar-refractivity contribution < 1.29 is 0 Å². The molecular formula is C12H17N5S. The summed E-state index contributed by atoms with van der Waals surface area (Å²) in [5, 5.41) is 5.33. The van der Waals surface area contributed by atoms with Crippen molar-refractivity contribution in [2.75, 3.05) is 23.3 Å². The number of thiophene rings is 1. The highest BCUT2D eigenvalue weighted by Crippen LogP contribution is 2.27. The van der Waals surface area contributed by atoms with Crippen molar-refractivity contribution >= 4 is 28.9 Å². The minimum absolute atomic E-state index is 0.0304. The summed E-state index contributed by atoms with van der Waals surface area (Å²) in [6.07, 6.45) is 0. The fourth-order valence-electron chi connectivity index (χ4n) is 1.64. The molecule has 18 heavy (non-hydrogen) atoms. The van der Waals surface area contributed by atoms with Crippen LogP contribution in [0, 0.1) is 0 Å². The van der Waals surface area contributed by atoms with Gasteiger partial charge in [-0.1, -0.05) is 19.9 Å². The number of anilines is 3. The van der Waals surface area contributed by atoms with E-state index in [1.807, 2.05) is 0 Å². The van der Waals surface area contributed by atoms with Gasteiger partial charge in [0, 0.05) is 22.9 Å². The number of nitrogens with zero attached hydrogens (tertiary/aromatic N) is 2. The first-order valence-corrected chi connectivity index (χ1v) is 6.53. The summed E-state index contributed by atoms with van der Waals surface area (Å²) in [6, 6.07) is 5.87. The lowest BCUT2D eigenvalue weighted by Crippen LogP contribution is -2.27. The largest absolute Gasteiger partial charge is 0.383 e. The average Bonchev–Trinajstić information content (AvgIpc) is 2.79. The van der Waals surface area contributed by atoms with Crippen LogP contribution in [-0.2, 0) is 5.41 Å². The Labute approximate surface area is 110 Å². The molecule has 5 N–H and O–H groups in total. The van der Waals surface area contributed by atoms with Gasteiger partial charge in [0.15, 0.2) is 0 Å². The summed E-state index contributed by atoms with van der Waals surface area (Å²) in [7, 11) is 0. The maximum Gasteiger partial charge on any atom is 0.223 e. The molecule has 0 amide bonds. The second-order valence-corrected chi connectivity index (χ2v) is 5.70. The Morgan fingerprint density at radius 1 is 1.33 bits per heavy atom. The highest BCUT2D eigenvalue weighted by molar-refractivity contribution is 7.10. The van der Waals surface area contributed by atoms with Crippen molar-refractivity contribution in [1.29, 1.82) is 0 Å². The van der Waals surface area contributed by atoms with Crippen LogP contribution in [0.15, 0.2) is 23.6 Å².